The number of carbonyl (C=O) groups is 1. The van der Waals surface area contributed by atoms with E-state index in [9.17, 15) is 18.0 Å². The van der Waals surface area contributed by atoms with Crippen LogP contribution >= 0.6 is 0 Å². The fourth-order valence-electron chi connectivity index (χ4n) is 3.72. The molecule has 10 heteroatoms. The van der Waals surface area contributed by atoms with E-state index in [1.165, 1.54) is 24.3 Å². The molecular weight excluding hydrogens is 497 g/mol. The molecule has 1 heterocycles. The van der Waals surface area contributed by atoms with E-state index in [0.29, 0.717) is 17.3 Å². The minimum atomic E-state index is -4.75. The first-order valence-corrected chi connectivity index (χ1v) is 11.6. The number of alkyl halides is 3. The Labute approximate surface area is 217 Å². The zero-order valence-electron chi connectivity index (χ0n) is 20.7. The number of rotatable bonds is 10. The van der Waals surface area contributed by atoms with Gasteiger partial charge in [-0.1, -0.05) is 30.3 Å². The highest BCUT2D eigenvalue weighted by Gasteiger charge is 2.31. The van der Waals surface area contributed by atoms with Gasteiger partial charge in [0.1, 0.15) is 23.1 Å². The maximum atomic E-state index is 12.5. The Morgan fingerprint density at radius 1 is 0.921 bits per heavy atom. The number of aromatic nitrogens is 2. The predicted octanol–water partition coefficient (Wildman–Crippen LogP) is 6.25. The average molecular weight is 523 g/mol. The third-order valence-corrected chi connectivity index (χ3v) is 5.59. The lowest BCUT2D eigenvalue weighted by Gasteiger charge is -2.19. The Morgan fingerprint density at radius 3 is 2.21 bits per heavy atom. The molecular formula is C28H25F3N4O3. The molecule has 0 bridgehead atoms. The minimum absolute atomic E-state index is 0.0559. The largest absolute Gasteiger partial charge is 0.573 e. The van der Waals surface area contributed by atoms with Gasteiger partial charge < -0.3 is 19.7 Å². The zero-order valence-corrected chi connectivity index (χ0v) is 20.7. The molecule has 196 valence electrons. The van der Waals surface area contributed by atoms with Crippen molar-refractivity contribution in [2.24, 2.45) is 0 Å². The molecule has 0 aliphatic heterocycles. The Bertz CT molecular complexity index is 1380. The first-order chi connectivity index (χ1) is 18.2. The van der Waals surface area contributed by atoms with Gasteiger partial charge in [-0.05, 0) is 53.6 Å². The molecule has 0 radical (unpaired) electrons. The number of hydrogen-bond acceptors (Lipinski definition) is 7. The first kappa shape index (κ1) is 26.5. The van der Waals surface area contributed by atoms with Gasteiger partial charge in [0, 0.05) is 43.5 Å². The van der Waals surface area contributed by atoms with Crippen LogP contribution in [0.1, 0.15) is 11.1 Å². The number of ether oxygens (including phenoxy) is 2. The number of nitrogens with one attached hydrogen (secondary N) is 1. The van der Waals surface area contributed by atoms with Crippen LogP contribution in [0.15, 0.2) is 85.1 Å². The normalized spacial score (nSPS) is 11.1. The summed E-state index contributed by atoms with van der Waals surface area (Å²) in [6.07, 6.45) is -2.78. The fraction of sp³-hybridized carbons (Fsp3) is 0.179. The molecule has 0 aliphatic rings. The standard InChI is InChI=1S/C28H25F3N4O3/c1-35(26-14-15-32-27(34-26)33-21-4-3-5-25(18-21)37-2)22-10-6-19(7-11-22)16-23(36)17-20-8-12-24(13-9-20)38-28(29,30)31/h3-15,18H,16-17H2,1-2H3,(H,32,33,34). The summed E-state index contributed by atoms with van der Waals surface area (Å²) in [7, 11) is 3.48. The summed E-state index contributed by atoms with van der Waals surface area (Å²) in [4.78, 5) is 23.3. The van der Waals surface area contributed by atoms with Crippen molar-refractivity contribution in [2.75, 3.05) is 24.4 Å². The molecule has 38 heavy (non-hydrogen) atoms. The molecule has 1 N–H and O–H groups in total. The molecule has 0 saturated carbocycles. The molecule has 0 unspecified atom stereocenters. The summed E-state index contributed by atoms with van der Waals surface area (Å²) in [5.41, 5.74) is 3.10. The monoisotopic (exact) mass is 522 g/mol. The van der Waals surface area contributed by atoms with Gasteiger partial charge >= 0.3 is 6.36 Å². The zero-order chi connectivity index (χ0) is 27.1. The number of benzene rings is 3. The van der Waals surface area contributed by atoms with Crippen molar-refractivity contribution >= 4 is 28.9 Å². The lowest BCUT2D eigenvalue weighted by molar-refractivity contribution is -0.274. The lowest BCUT2D eigenvalue weighted by atomic mass is 10.0. The molecule has 7 nitrogen and oxygen atoms in total. The van der Waals surface area contributed by atoms with E-state index in [1.54, 1.807) is 19.4 Å². The third kappa shape index (κ3) is 7.45. The van der Waals surface area contributed by atoms with Crippen molar-refractivity contribution in [2.45, 2.75) is 19.2 Å². The van der Waals surface area contributed by atoms with Crippen molar-refractivity contribution in [3.63, 3.8) is 0 Å². The molecule has 3 aromatic carbocycles. The Hall–Kier alpha value is -4.60. The van der Waals surface area contributed by atoms with Crippen LogP contribution in [0, 0.1) is 0 Å². The van der Waals surface area contributed by atoms with Crippen LogP contribution in [0.25, 0.3) is 0 Å². The Morgan fingerprint density at radius 2 is 1.58 bits per heavy atom. The second kappa shape index (κ2) is 11.6. The van der Waals surface area contributed by atoms with Gasteiger partial charge in [0.25, 0.3) is 0 Å². The van der Waals surface area contributed by atoms with Crippen LogP contribution < -0.4 is 19.7 Å². The fourth-order valence-corrected chi connectivity index (χ4v) is 3.72. The highest BCUT2D eigenvalue weighted by Crippen LogP contribution is 2.25. The highest BCUT2D eigenvalue weighted by molar-refractivity contribution is 5.83. The summed E-state index contributed by atoms with van der Waals surface area (Å²) < 4.78 is 46.0. The smallest absolute Gasteiger partial charge is 0.497 e. The summed E-state index contributed by atoms with van der Waals surface area (Å²) in [5.74, 6) is 1.45. The van der Waals surface area contributed by atoms with E-state index in [1.807, 2.05) is 60.5 Å². The van der Waals surface area contributed by atoms with E-state index >= 15 is 0 Å². The molecule has 0 amide bonds. The van der Waals surface area contributed by atoms with Crippen LogP contribution in [0.4, 0.5) is 36.3 Å². The number of halogens is 3. The quantitative estimate of drug-likeness (QED) is 0.264. The van der Waals surface area contributed by atoms with Crippen molar-refractivity contribution < 1.29 is 27.4 Å². The Kier molecular flexibility index (Phi) is 8.10. The number of ketones is 1. The van der Waals surface area contributed by atoms with Crippen molar-refractivity contribution in [1.82, 2.24) is 9.97 Å². The predicted molar refractivity (Wildman–Crippen MR) is 138 cm³/mol. The number of methoxy groups -OCH3 is 1. The number of Topliss-reactive ketones (excluding diaryl/α,β-unsaturated/α-hetero) is 1. The van der Waals surface area contributed by atoms with Gasteiger partial charge in [-0.2, -0.15) is 4.98 Å². The Balaban J connectivity index is 1.35. The van der Waals surface area contributed by atoms with Gasteiger partial charge in [0.05, 0.1) is 7.11 Å². The van der Waals surface area contributed by atoms with E-state index < -0.39 is 6.36 Å². The minimum Gasteiger partial charge on any atom is -0.497 e. The summed E-state index contributed by atoms with van der Waals surface area (Å²) in [5, 5.41) is 3.17. The van der Waals surface area contributed by atoms with E-state index in [2.05, 4.69) is 20.0 Å². The summed E-state index contributed by atoms with van der Waals surface area (Å²) in [6.45, 7) is 0. The van der Waals surface area contributed by atoms with E-state index in [0.717, 1.165) is 22.7 Å². The van der Waals surface area contributed by atoms with Gasteiger partial charge in [-0.3, -0.25) is 4.79 Å². The van der Waals surface area contributed by atoms with Gasteiger partial charge in [-0.15, -0.1) is 13.2 Å². The summed E-state index contributed by atoms with van der Waals surface area (Å²) in [6, 6.07) is 22.1. The average Bonchev–Trinajstić information content (AvgIpc) is 2.89. The van der Waals surface area contributed by atoms with Gasteiger partial charge in [0.2, 0.25) is 5.95 Å². The van der Waals surface area contributed by atoms with Gasteiger partial charge in [0.15, 0.2) is 0 Å². The first-order valence-electron chi connectivity index (χ1n) is 11.6. The molecule has 1 aromatic heterocycles. The van der Waals surface area contributed by atoms with E-state index in [4.69, 9.17) is 4.74 Å². The second-order valence-electron chi connectivity index (χ2n) is 8.40. The molecule has 4 rings (SSSR count). The lowest BCUT2D eigenvalue weighted by Crippen LogP contribution is -2.17. The highest BCUT2D eigenvalue weighted by atomic mass is 19.4. The number of carbonyl (C=O) groups excluding carboxylic acids is 1. The van der Waals surface area contributed by atoms with Crippen LogP contribution in [-0.2, 0) is 17.6 Å². The van der Waals surface area contributed by atoms with Gasteiger partial charge in [-0.25, -0.2) is 4.98 Å². The molecule has 0 aliphatic carbocycles. The maximum absolute atomic E-state index is 12.5. The van der Waals surface area contributed by atoms with Crippen LogP contribution in [0.2, 0.25) is 0 Å². The number of hydrogen-bond donors (Lipinski definition) is 1. The molecule has 4 aromatic rings. The topological polar surface area (TPSA) is 76.6 Å². The SMILES string of the molecule is COc1cccc(Nc2nccc(N(C)c3ccc(CC(=O)Cc4ccc(OC(F)(F)F)cc4)cc3)n2)c1. The molecule has 0 fully saturated rings. The molecule has 0 spiro atoms. The molecule has 0 atom stereocenters. The van der Waals surface area contributed by atoms with E-state index in [-0.39, 0.29) is 24.4 Å². The van der Waals surface area contributed by atoms with Crippen LogP contribution in [-0.4, -0.2) is 36.3 Å². The number of anilines is 4. The van der Waals surface area contributed by atoms with Crippen molar-refractivity contribution in [3.8, 4) is 11.5 Å². The maximum Gasteiger partial charge on any atom is 0.573 e. The third-order valence-electron chi connectivity index (χ3n) is 5.59. The van der Waals surface area contributed by atoms with Crippen LogP contribution in [0.5, 0.6) is 11.5 Å². The second-order valence-corrected chi connectivity index (χ2v) is 8.40. The molecule has 0 saturated heterocycles. The van der Waals surface area contributed by atoms with Crippen molar-refractivity contribution in [3.05, 3.63) is 96.2 Å². The number of nitrogens with zero attached hydrogens (tertiary/aromatic N) is 3. The summed E-state index contributed by atoms with van der Waals surface area (Å²) >= 11 is 0. The van der Waals surface area contributed by atoms with Crippen molar-refractivity contribution in [1.29, 1.82) is 0 Å². The van der Waals surface area contributed by atoms with Crippen LogP contribution in [0.3, 0.4) is 0 Å².